The zero-order valence-corrected chi connectivity index (χ0v) is 16.0. The third-order valence-corrected chi connectivity index (χ3v) is 5.41. The average Bonchev–Trinajstić information content (AvgIpc) is 3.17. The second-order valence-electron chi connectivity index (χ2n) is 7.25. The fourth-order valence-corrected chi connectivity index (χ4v) is 3.95. The average molecular weight is 360 g/mol. The van der Waals surface area contributed by atoms with E-state index in [1.54, 1.807) is 7.11 Å². The number of amides is 1. The van der Waals surface area contributed by atoms with E-state index in [2.05, 4.69) is 36.2 Å². The van der Waals surface area contributed by atoms with Gasteiger partial charge in [-0.2, -0.15) is 0 Å². The molecule has 1 saturated heterocycles. The number of pyridine rings is 1. The lowest BCUT2D eigenvalue weighted by molar-refractivity contribution is 0.0734. The molecule has 1 aliphatic heterocycles. The Morgan fingerprint density at radius 2 is 1.89 bits per heavy atom. The summed E-state index contributed by atoms with van der Waals surface area (Å²) in [5.74, 6) is 0.904. The quantitative estimate of drug-likeness (QED) is 0.671. The number of hydrogen-bond acceptors (Lipinski definition) is 3. The minimum Gasteiger partial charge on any atom is -0.497 e. The fourth-order valence-electron chi connectivity index (χ4n) is 3.95. The van der Waals surface area contributed by atoms with E-state index in [-0.39, 0.29) is 11.9 Å². The summed E-state index contributed by atoms with van der Waals surface area (Å²) in [5, 5.41) is 1.02. The summed E-state index contributed by atoms with van der Waals surface area (Å²) in [6, 6.07) is 16.3. The van der Waals surface area contributed by atoms with Gasteiger partial charge in [0.05, 0.1) is 29.9 Å². The Kier molecular flexibility index (Phi) is 4.56. The van der Waals surface area contributed by atoms with E-state index < -0.39 is 0 Å². The van der Waals surface area contributed by atoms with Crippen LogP contribution in [0.4, 0.5) is 0 Å². The van der Waals surface area contributed by atoms with Gasteiger partial charge in [-0.05, 0) is 62.6 Å². The van der Waals surface area contributed by atoms with Gasteiger partial charge in [-0.25, -0.2) is 0 Å². The predicted molar refractivity (Wildman–Crippen MR) is 107 cm³/mol. The number of nitrogens with zero attached hydrogens (tertiary/aromatic N) is 2. The zero-order valence-electron chi connectivity index (χ0n) is 16.0. The maximum atomic E-state index is 13.4. The number of fused-ring (bicyclic) bond motifs is 1. The number of hydrogen-bond donors (Lipinski definition) is 0. The molecule has 4 rings (SSSR count). The number of likely N-dealkylation sites (tertiary alicyclic amines) is 1. The van der Waals surface area contributed by atoms with Crippen LogP contribution in [0.1, 0.15) is 46.1 Å². The summed E-state index contributed by atoms with van der Waals surface area (Å²) >= 11 is 0. The lowest BCUT2D eigenvalue weighted by Gasteiger charge is -2.26. The van der Waals surface area contributed by atoms with Gasteiger partial charge in [0.1, 0.15) is 5.75 Å². The molecule has 2 aromatic carbocycles. The molecule has 138 valence electrons. The second-order valence-corrected chi connectivity index (χ2v) is 7.25. The van der Waals surface area contributed by atoms with E-state index in [1.807, 2.05) is 36.1 Å². The van der Waals surface area contributed by atoms with Crippen molar-refractivity contribution in [3.8, 4) is 5.75 Å². The molecule has 0 N–H and O–H groups in total. The van der Waals surface area contributed by atoms with Crippen LogP contribution < -0.4 is 4.74 Å². The molecule has 1 unspecified atom stereocenters. The van der Waals surface area contributed by atoms with Crippen molar-refractivity contribution in [1.82, 2.24) is 9.88 Å². The molecule has 0 saturated carbocycles. The molecule has 0 spiro atoms. The van der Waals surface area contributed by atoms with Crippen molar-refractivity contribution in [2.45, 2.75) is 32.7 Å². The molecule has 1 amide bonds. The van der Waals surface area contributed by atoms with Crippen LogP contribution in [0.15, 0.2) is 48.5 Å². The summed E-state index contributed by atoms with van der Waals surface area (Å²) in [5.41, 5.74) is 4.75. The van der Waals surface area contributed by atoms with Crippen molar-refractivity contribution in [3.63, 3.8) is 0 Å². The van der Waals surface area contributed by atoms with Gasteiger partial charge in [0.15, 0.2) is 0 Å². The molecule has 1 fully saturated rings. The van der Waals surface area contributed by atoms with Crippen LogP contribution in [0, 0.1) is 13.8 Å². The summed E-state index contributed by atoms with van der Waals surface area (Å²) in [7, 11) is 1.66. The summed E-state index contributed by atoms with van der Waals surface area (Å²) in [6.45, 7) is 4.76. The topological polar surface area (TPSA) is 42.4 Å². The Morgan fingerprint density at radius 3 is 2.63 bits per heavy atom. The SMILES string of the molecule is COc1ccc(C2CCCN2C(=O)c2cc3cc(C)ccc3nc2C)cc1. The van der Waals surface area contributed by atoms with Crippen molar-refractivity contribution in [2.75, 3.05) is 13.7 Å². The molecule has 1 atom stereocenters. The number of aromatic nitrogens is 1. The van der Waals surface area contributed by atoms with Crippen LogP contribution >= 0.6 is 0 Å². The standard InChI is InChI=1S/C23H24N2O2/c1-15-6-11-21-18(13-15)14-20(16(2)24-21)23(26)25-12-4-5-22(25)17-7-9-19(27-3)10-8-17/h6-11,13-14,22H,4-5,12H2,1-3H3. The van der Waals surface area contributed by atoms with E-state index >= 15 is 0 Å². The van der Waals surface area contributed by atoms with Gasteiger partial charge in [0.2, 0.25) is 0 Å². The lowest BCUT2D eigenvalue weighted by atomic mass is 10.0. The lowest BCUT2D eigenvalue weighted by Crippen LogP contribution is -2.31. The molecule has 4 nitrogen and oxygen atoms in total. The first kappa shape index (κ1) is 17.5. The highest BCUT2D eigenvalue weighted by Crippen LogP contribution is 2.34. The number of carbonyl (C=O) groups is 1. The number of carbonyl (C=O) groups excluding carboxylic acids is 1. The van der Waals surface area contributed by atoms with Crippen molar-refractivity contribution >= 4 is 16.8 Å². The monoisotopic (exact) mass is 360 g/mol. The van der Waals surface area contributed by atoms with Crippen LogP contribution in [0.2, 0.25) is 0 Å². The Bertz CT molecular complexity index is 995. The Morgan fingerprint density at radius 1 is 1.11 bits per heavy atom. The fraction of sp³-hybridized carbons (Fsp3) is 0.304. The number of rotatable bonds is 3. The van der Waals surface area contributed by atoms with E-state index in [0.29, 0.717) is 5.56 Å². The first-order valence-corrected chi connectivity index (χ1v) is 9.40. The third-order valence-electron chi connectivity index (χ3n) is 5.41. The molecule has 27 heavy (non-hydrogen) atoms. The van der Waals surface area contributed by atoms with Crippen LogP contribution in [0.3, 0.4) is 0 Å². The van der Waals surface area contributed by atoms with Gasteiger partial charge in [0, 0.05) is 11.9 Å². The van der Waals surface area contributed by atoms with Gasteiger partial charge >= 0.3 is 0 Å². The van der Waals surface area contributed by atoms with E-state index in [4.69, 9.17) is 4.74 Å². The van der Waals surface area contributed by atoms with Crippen LogP contribution in [-0.4, -0.2) is 29.4 Å². The van der Waals surface area contributed by atoms with Gasteiger partial charge in [-0.1, -0.05) is 23.8 Å². The first-order valence-electron chi connectivity index (χ1n) is 9.40. The Balaban J connectivity index is 1.68. The number of benzene rings is 2. The number of methoxy groups -OCH3 is 1. The minimum absolute atomic E-state index is 0.0710. The molecular weight excluding hydrogens is 336 g/mol. The minimum atomic E-state index is 0.0710. The van der Waals surface area contributed by atoms with Crippen molar-refractivity contribution < 1.29 is 9.53 Å². The van der Waals surface area contributed by atoms with Gasteiger partial charge in [-0.3, -0.25) is 9.78 Å². The smallest absolute Gasteiger partial charge is 0.256 e. The molecule has 3 aromatic rings. The van der Waals surface area contributed by atoms with Gasteiger partial charge in [0.25, 0.3) is 5.91 Å². The first-order chi connectivity index (χ1) is 13.1. The van der Waals surface area contributed by atoms with E-state index in [1.165, 1.54) is 5.56 Å². The van der Waals surface area contributed by atoms with Crippen LogP contribution in [-0.2, 0) is 0 Å². The summed E-state index contributed by atoms with van der Waals surface area (Å²) < 4.78 is 5.25. The third kappa shape index (κ3) is 3.27. The normalized spacial score (nSPS) is 16.7. The molecule has 0 bridgehead atoms. The maximum Gasteiger partial charge on any atom is 0.256 e. The molecule has 1 aliphatic rings. The molecule has 2 heterocycles. The van der Waals surface area contributed by atoms with Crippen molar-refractivity contribution in [2.24, 2.45) is 0 Å². The second kappa shape index (κ2) is 7.03. The summed E-state index contributed by atoms with van der Waals surface area (Å²) in [4.78, 5) is 20.0. The van der Waals surface area contributed by atoms with Crippen molar-refractivity contribution in [3.05, 3.63) is 70.9 Å². The molecule has 0 aliphatic carbocycles. The van der Waals surface area contributed by atoms with Crippen molar-refractivity contribution in [1.29, 1.82) is 0 Å². The van der Waals surface area contributed by atoms with Gasteiger partial charge in [-0.15, -0.1) is 0 Å². The predicted octanol–water partition coefficient (Wildman–Crippen LogP) is 4.84. The van der Waals surface area contributed by atoms with E-state index in [0.717, 1.165) is 47.3 Å². The highest BCUT2D eigenvalue weighted by Gasteiger charge is 2.31. The molecule has 0 radical (unpaired) electrons. The highest BCUT2D eigenvalue weighted by atomic mass is 16.5. The Hall–Kier alpha value is -2.88. The number of aryl methyl sites for hydroxylation is 2. The number of ether oxygens (including phenoxy) is 1. The largest absolute Gasteiger partial charge is 0.497 e. The molecule has 4 heteroatoms. The summed E-state index contributed by atoms with van der Waals surface area (Å²) in [6.07, 6.45) is 2.00. The highest BCUT2D eigenvalue weighted by molar-refractivity contribution is 5.99. The van der Waals surface area contributed by atoms with Gasteiger partial charge < -0.3 is 9.64 Å². The van der Waals surface area contributed by atoms with Crippen LogP contribution in [0.5, 0.6) is 5.75 Å². The Labute approximate surface area is 159 Å². The zero-order chi connectivity index (χ0) is 19.0. The van der Waals surface area contributed by atoms with Crippen LogP contribution in [0.25, 0.3) is 10.9 Å². The molecule has 1 aromatic heterocycles. The van der Waals surface area contributed by atoms with E-state index in [9.17, 15) is 4.79 Å². The maximum absolute atomic E-state index is 13.4. The molecular formula is C23H24N2O2.